The van der Waals surface area contributed by atoms with Crippen molar-refractivity contribution in [2.75, 3.05) is 0 Å². The molecule has 2 heterocycles. The van der Waals surface area contributed by atoms with E-state index in [0.29, 0.717) is 0 Å². The molecule has 0 spiro atoms. The minimum atomic E-state index is -5.08. The van der Waals surface area contributed by atoms with E-state index in [1.807, 2.05) is 37.5 Å². The Hall–Kier alpha value is -3.37. The fourth-order valence-electron chi connectivity index (χ4n) is 1.96. The second kappa shape index (κ2) is 6.63. The number of carboxylic acid groups (broad SMARTS) is 1. The molecule has 1 amide bonds. The number of nitrogens with zero attached hydrogens (tertiary/aromatic N) is 4. The number of benzene rings is 1. The summed E-state index contributed by atoms with van der Waals surface area (Å²) in [6.45, 7) is 0. The molecule has 0 saturated carbocycles. The third-order valence-electron chi connectivity index (χ3n) is 3.00. The maximum atomic E-state index is 11.4. The molecule has 3 N–H and O–H groups in total. The molecule has 2 aromatic heterocycles. The molecule has 8 nitrogen and oxygen atoms in total. The number of nitrogens with two attached hydrogens (primary N) is 1. The molecule has 3 rings (SSSR count). The number of para-hydroxylation sites is 1. The maximum absolute atomic E-state index is 11.4. The predicted molar refractivity (Wildman–Crippen MR) is 80.0 cm³/mol. The van der Waals surface area contributed by atoms with E-state index in [2.05, 4.69) is 10.2 Å². The fourth-order valence-corrected chi connectivity index (χ4v) is 1.96. The standard InChI is InChI=1S/C12H11N5O.C2HF3O2/c1-16-7-8(6-14-16)17-10-5-3-2-4-9(10)11(15-17)12(13)18;3-2(4,5)1(6)7/h2-7H,1H3,(H2,13,18);(H,6,7). The summed E-state index contributed by atoms with van der Waals surface area (Å²) in [6.07, 6.45) is -1.57. The van der Waals surface area contributed by atoms with Crippen molar-refractivity contribution in [1.82, 2.24) is 19.6 Å². The van der Waals surface area contributed by atoms with Gasteiger partial charge in [0, 0.05) is 12.4 Å². The van der Waals surface area contributed by atoms with E-state index < -0.39 is 18.1 Å². The smallest absolute Gasteiger partial charge is 0.475 e. The largest absolute Gasteiger partial charge is 0.490 e. The van der Waals surface area contributed by atoms with Crippen LogP contribution in [0, 0.1) is 0 Å². The number of aryl methyl sites for hydroxylation is 1. The van der Waals surface area contributed by atoms with Crippen LogP contribution in [0.5, 0.6) is 0 Å². The molecule has 0 radical (unpaired) electrons. The first-order valence-corrected chi connectivity index (χ1v) is 6.68. The van der Waals surface area contributed by atoms with E-state index in [1.54, 1.807) is 15.6 Å². The van der Waals surface area contributed by atoms with Crippen molar-refractivity contribution >= 4 is 22.8 Å². The lowest BCUT2D eigenvalue weighted by atomic mass is 10.2. The van der Waals surface area contributed by atoms with Gasteiger partial charge >= 0.3 is 12.1 Å². The van der Waals surface area contributed by atoms with Gasteiger partial charge in [0.25, 0.3) is 5.91 Å². The van der Waals surface area contributed by atoms with Crippen LogP contribution in [0.15, 0.2) is 36.7 Å². The summed E-state index contributed by atoms with van der Waals surface area (Å²) in [4.78, 5) is 20.3. The average Bonchev–Trinajstić information content (AvgIpc) is 3.10. The third-order valence-corrected chi connectivity index (χ3v) is 3.00. The highest BCUT2D eigenvalue weighted by atomic mass is 19.4. The van der Waals surface area contributed by atoms with E-state index in [4.69, 9.17) is 15.6 Å². The van der Waals surface area contributed by atoms with Gasteiger partial charge in [-0.1, -0.05) is 18.2 Å². The average molecular weight is 355 g/mol. The van der Waals surface area contributed by atoms with Crippen molar-refractivity contribution in [3.05, 3.63) is 42.4 Å². The topological polar surface area (TPSA) is 116 Å². The molecule has 3 aromatic rings. The maximum Gasteiger partial charge on any atom is 0.490 e. The molecular formula is C14H12F3N5O3. The van der Waals surface area contributed by atoms with Crippen molar-refractivity contribution in [3.63, 3.8) is 0 Å². The number of primary amides is 1. The number of aliphatic carboxylic acids is 1. The lowest BCUT2D eigenvalue weighted by molar-refractivity contribution is -0.192. The highest BCUT2D eigenvalue weighted by Crippen LogP contribution is 2.21. The van der Waals surface area contributed by atoms with E-state index in [1.165, 1.54) is 0 Å². The van der Waals surface area contributed by atoms with E-state index in [0.717, 1.165) is 16.6 Å². The van der Waals surface area contributed by atoms with Crippen molar-refractivity contribution in [2.45, 2.75) is 6.18 Å². The molecule has 0 atom stereocenters. The minimum Gasteiger partial charge on any atom is -0.475 e. The van der Waals surface area contributed by atoms with Gasteiger partial charge < -0.3 is 10.8 Å². The molecule has 132 valence electrons. The predicted octanol–water partition coefficient (Wildman–Crippen LogP) is 1.49. The summed E-state index contributed by atoms with van der Waals surface area (Å²) in [5.41, 5.74) is 7.24. The Morgan fingerprint density at radius 3 is 2.32 bits per heavy atom. The van der Waals surface area contributed by atoms with E-state index in [-0.39, 0.29) is 5.69 Å². The molecule has 0 unspecified atom stereocenters. The summed E-state index contributed by atoms with van der Waals surface area (Å²) in [6, 6.07) is 7.46. The molecule has 0 aliphatic heterocycles. The van der Waals surface area contributed by atoms with Crippen LogP contribution in [0.4, 0.5) is 13.2 Å². The third kappa shape index (κ3) is 3.94. The number of alkyl halides is 3. The van der Waals surface area contributed by atoms with Crippen LogP contribution >= 0.6 is 0 Å². The monoisotopic (exact) mass is 355 g/mol. The summed E-state index contributed by atoms with van der Waals surface area (Å²) in [5.74, 6) is -3.29. The van der Waals surface area contributed by atoms with Gasteiger partial charge in [-0.15, -0.1) is 0 Å². The molecule has 25 heavy (non-hydrogen) atoms. The number of carbonyl (C=O) groups excluding carboxylic acids is 1. The molecule has 1 aromatic carbocycles. The van der Waals surface area contributed by atoms with Crippen LogP contribution < -0.4 is 5.73 Å². The molecule has 11 heteroatoms. The van der Waals surface area contributed by atoms with Crippen LogP contribution in [0.1, 0.15) is 10.5 Å². The lowest BCUT2D eigenvalue weighted by Crippen LogP contribution is -2.21. The molecule has 0 bridgehead atoms. The van der Waals surface area contributed by atoms with E-state index >= 15 is 0 Å². The number of carboxylic acids is 1. The number of aromatic nitrogens is 4. The number of carbonyl (C=O) groups is 2. The van der Waals surface area contributed by atoms with Gasteiger partial charge in [-0.2, -0.15) is 23.4 Å². The molecule has 0 aliphatic rings. The van der Waals surface area contributed by atoms with Crippen molar-refractivity contribution < 1.29 is 27.9 Å². The summed E-state index contributed by atoms with van der Waals surface area (Å²) >= 11 is 0. The first-order valence-electron chi connectivity index (χ1n) is 6.68. The Morgan fingerprint density at radius 1 is 1.24 bits per heavy atom. The van der Waals surface area contributed by atoms with Gasteiger partial charge in [-0.3, -0.25) is 9.48 Å². The van der Waals surface area contributed by atoms with Crippen molar-refractivity contribution in [1.29, 1.82) is 0 Å². The van der Waals surface area contributed by atoms with Crippen LogP contribution in [0.3, 0.4) is 0 Å². The van der Waals surface area contributed by atoms with Gasteiger partial charge in [0.15, 0.2) is 5.69 Å². The van der Waals surface area contributed by atoms with Crippen LogP contribution in [0.2, 0.25) is 0 Å². The lowest BCUT2D eigenvalue weighted by Gasteiger charge is -1.97. The number of rotatable bonds is 2. The summed E-state index contributed by atoms with van der Waals surface area (Å²) in [7, 11) is 1.82. The van der Waals surface area contributed by atoms with Crippen molar-refractivity contribution in [3.8, 4) is 5.69 Å². The number of halogens is 3. The highest BCUT2D eigenvalue weighted by Gasteiger charge is 2.38. The number of hydrogen-bond donors (Lipinski definition) is 2. The van der Waals surface area contributed by atoms with Gasteiger partial charge in [-0.25, -0.2) is 9.48 Å². The number of amides is 1. The van der Waals surface area contributed by atoms with Crippen molar-refractivity contribution in [2.24, 2.45) is 12.8 Å². The Labute approximate surface area is 138 Å². The molecule has 0 aliphatic carbocycles. The first-order chi connectivity index (χ1) is 11.6. The Kier molecular flexibility index (Phi) is 4.77. The minimum absolute atomic E-state index is 0.273. The zero-order valence-corrected chi connectivity index (χ0v) is 12.7. The zero-order valence-electron chi connectivity index (χ0n) is 12.7. The summed E-state index contributed by atoms with van der Waals surface area (Å²) in [5, 5.41) is 16.2. The van der Waals surface area contributed by atoms with Gasteiger partial charge in [-0.05, 0) is 6.07 Å². The summed E-state index contributed by atoms with van der Waals surface area (Å²) < 4.78 is 35.1. The van der Waals surface area contributed by atoms with Gasteiger partial charge in [0.2, 0.25) is 0 Å². The first kappa shape index (κ1) is 18.0. The quantitative estimate of drug-likeness (QED) is 0.722. The SMILES string of the molecule is Cn1cc(-n2nc(C(N)=O)c3ccccc32)cn1.O=C(O)C(F)(F)F. The number of fused-ring (bicyclic) bond motifs is 1. The Bertz CT molecular complexity index is 929. The van der Waals surface area contributed by atoms with E-state index in [9.17, 15) is 18.0 Å². The second-order valence-corrected chi connectivity index (χ2v) is 4.82. The van der Waals surface area contributed by atoms with Crippen LogP contribution in [0.25, 0.3) is 16.6 Å². The molecule has 0 saturated heterocycles. The second-order valence-electron chi connectivity index (χ2n) is 4.82. The Balaban J connectivity index is 0.000000277. The normalized spacial score (nSPS) is 11.0. The molecular weight excluding hydrogens is 343 g/mol. The zero-order chi connectivity index (χ0) is 18.8. The van der Waals surface area contributed by atoms with Crippen LogP contribution in [-0.4, -0.2) is 42.7 Å². The van der Waals surface area contributed by atoms with Crippen LogP contribution in [-0.2, 0) is 11.8 Å². The van der Waals surface area contributed by atoms with Gasteiger partial charge in [0.05, 0.1) is 17.9 Å². The molecule has 0 fully saturated rings. The van der Waals surface area contributed by atoms with Gasteiger partial charge in [0.1, 0.15) is 5.69 Å². The number of hydrogen-bond acceptors (Lipinski definition) is 4. The Morgan fingerprint density at radius 2 is 1.84 bits per heavy atom. The highest BCUT2D eigenvalue weighted by molar-refractivity contribution is 6.04. The fraction of sp³-hybridized carbons (Fsp3) is 0.143.